The molecule has 3 unspecified atom stereocenters. The first-order chi connectivity index (χ1) is 16.9. The van der Waals surface area contributed by atoms with Crippen LogP contribution in [0.15, 0.2) is 48.5 Å². The van der Waals surface area contributed by atoms with Gasteiger partial charge in [0, 0.05) is 25.5 Å². The van der Waals surface area contributed by atoms with Crippen LogP contribution in [-0.2, 0) is 19.1 Å². The number of methoxy groups -OCH3 is 1. The number of fused-ring (bicyclic) bond motifs is 3. The zero-order valence-corrected chi connectivity index (χ0v) is 20.0. The van der Waals surface area contributed by atoms with Crippen LogP contribution in [0.1, 0.15) is 49.7 Å². The maximum atomic E-state index is 12.8. The Hall–Kier alpha value is -3.39. The number of benzene rings is 2. The summed E-state index contributed by atoms with van der Waals surface area (Å²) in [6, 6.07) is 14.7. The van der Waals surface area contributed by atoms with E-state index in [0.29, 0.717) is 0 Å². The highest BCUT2D eigenvalue weighted by atomic mass is 16.5. The number of hydrogen-bond acceptors (Lipinski definition) is 5. The molecule has 0 saturated heterocycles. The van der Waals surface area contributed by atoms with Gasteiger partial charge in [-0.25, -0.2) is 9.59 Å². The minimum absolute atomic E-state index is 0.0188. The molecule has 0 aliphatic heterocycles. The lowest BCUT2D eigenvalue weighted by Crippen LogP contribution is -2.51. The summed E-state index contributed by atoms with van der Waals surface area (Å²) in [5.41, 5.74) is 4.56. The van der Waals surface area contributed by atoms with Crippen molar-refractivity contribution >= 4 is 18.0 Å². The fourth-order valence-corrected chi connectivity index (χ4v) is 4.92. The van der Waals surface area contributed by atoms with Crippen LogP contribution < -0.4 is 10.6 Å². The van der Waals surface area contributed by atoms with E-state index in [9.17, 15) is 19.5 Å². The summed E-state index contributed by atoms with van der Waals surface area (Å²) in [6.07, 6.45) is 1.56. The van der Waals surface area contributed by atoms with E-state index >= 15 is 0 Å². The maximum Gasteiger partial charge on any atom is 0.407 e. The Morgan fingerprint density at radius 1 is 1.00 bits per heavy atom. The van der Waals surface area contributed by atoms with Crippen LogP contribution in [0.25, 0.3) is 11.1 Å². The number of hydrogen-bond donors (Lipinski definition) is 3. The predicted octanol–water partition coefficient (Wildman–Crippen LogP) is 3.69. The summed E-state index contributed by atoms with van der Waals surface area (Å²) in [5.74, 6) is -1.51. The molecule has 8 heteroatoms. The Bertz CT molecular complexity index is 1040. The van der Waals surface area contributed by atoms with Gasteiger partial charge in [-0.05, 0) is 47.9 Å². The van der Waals surface area contributed by atoms with Crippen molar-refractivity contribution in [3.05, 3.63) is 59.7 Å². The number of ether oxygens (including phenoxy) is 2. The molecule has 0 aromatic heterocycles. The van der Waals surface area contributed by atoms with E-state index in [4.69, 9.17) is 9.47 Å². The van der Waals surface area contributed by atoms with Gasteiger partial charge in [-0.1, -0.05) is 55.0 Å². The summed E-state index contributed by atoms with van der Waals surface area (Å²) in [5, 5.41) is 14.8. The molecular formula is C27H32N2O6. The topological polar surface area (TPSA) is 114 Å². The van der Waals surface area contributed by atoms with Crippen molar-refractivity contribution in [2.24, 2.45) is 5.92 Å². The minimum atomic E-state index is -1.17. The number of carbonyl (C=O) groups is 3. The number of carboxylic acids is 1. The molecule has 0 heterocycles. The van der Waals surface area contributed by atoms with Gasteiger partial charge in [0.2, 0.25) is 5.91 Å². The molecule has 1 saturated carbocycles. The van der Waals surface area contributed by atoms with E-state index in [1.807, 2.05) is 24.3 Å². The second-order valence-corrected chi connectivity index (χ2v) is 9.30. The third-order valence-corrected chi connectivity index (χ3v) is 7.19. The lowest BCUT2D eigenvalue weighted by atomic mass is 9.78. The average Bonchev–Trinajstić information content (AvgIpc) is 3.13. The highest BCUT2D eigenvalue weighted by Gasteiger charge is 2.34. The maximum absolute atomic E-state index is 12.8. The van der Waals surface area contributed by atoms with Crippen LogP contribution in [0.2, 0.25) is 0 Å². The van der Waals surface area contributed by atoms with Crippen molar-refractivity contribution in [3.63, 3.8) is 0 Å². The van der Waals surface area contributed by atoms with Crippen molar-refractivity contribution in [1.82, 2.24) is 10.6 Å². The summed E-state index contributed by atoms with van der Waals surface area (Å²) >= 11 is 0. The average molecular weight is 481 g/mol. The molecule has 0 spiro atoms. The molecule has 186 valence electrons. The Morgan fingerprint density at radius 2 is 1.60 bits per heavy atom. The zero-order chi connectivity index (χ0) is 24.9. The predicted molar refractivity (Wildman–Crippen MR) is 130 cm³/mol. The van der Waals surface area contributed by atoms with Gasteiger partial charge in [0.15, 0.2) is 6.04 Å². The van der Waals surface area contributed by atoms with E-state index in [0.717, 1.165) is 41.5 Å². The minimum Gasteiger partial charge on any atom is -0.480 e. The van der Waals surface area contributed by atoms with E-state index < -0.39 is 36.2 Å². The fraction of sp³-hybridized carbons (Fsp3) is 0.444. The van der Waals surface area contributed by atoms with Gasteiger partial charge >= 0.3 is 12.1 Å². The number of rotatable bonds is 10. The first-order valence-corrected chi connectivity index (χ1v) is 12.1. The first-order valence-electron chi connectivity index (χ1n) is 12.1. The van der Waals surface area contributed by atoms with Crippen molar-refractivity contribution in [2.75, 3.05) is 13.7 Å². The van der Waals surface area contributed by atoms with Gasteiger partial charge in [0.05, 0.1) is 6.10 Å². The quantitative estimate of drug-likeness (QED) is 0.478. The summed E-state index contributed by atoms with van der Waals surface area (Å²) in [7, 11) is 1.39. The second-order valence-electron chi connectivity index (χ2n) is 9.30. The molecule has 0 bridgehead atoms. The van der Waals surface area contributed by atoms with Crippen molar-refractivity contribution < 1.29 is 29.0 Å². The molecule has 35 heavy (non-hydrogen) atoms. The molecule has 3 atom stereocenters. The third kappa shape index (κ3) is 5.48. The third-order valence-electron chi connectivity index (χ3n) is 7.19. The second kappa shape index (κ2) is 10.9. The Kier molecular flexibility index (Phi) is 7.70. The Labute approximate surface area is 205 Å². The molecule has 2 aromatic carbocycles. The molecule has 0 radical (unpaired) electrons. The van der Waals surface area contributed by atoms with Crippen LogP contribution in [0.5, 0.6) is 0 Å². The molecule has 4 rings (SSSR count). The van der Waals surface area contributed by atoms with Gasteiger partial charge in [-0.15, -0.1) is 0 Å². The Morgan fingerprint density at radius 3 is 2.11 bits per heavy atom. The highest BCUT2D eigenvalue weighted by molar-refractivity contribution is 5.84. The van der Waals surface area contributed by atoms with E-state index in [-0.39, 0.29) is 24.9 Å². The first kappa shape index (κ1) is 24.7. The highest BCUT2D eigenvalue weighted by Crippen LogP contribution is 2.44. The van der Waals surface area contributed by atoms with Gasteiger partial charge < -0.3 is 25.2 Å². The molecule has 2 aliphatic carbocycles. The fourth-order valence-electron chi connectivity index (χ4n) is 4.92. The van der Waals surface area contributed by atoms with Gasteiger partial charge in [0.25, 0.3) is 0 Å². The number of nitrogens with one attached hydrogen (secondary N) is 2. The van der Waals surface area contributed by atoms with Crippen molar-refractivity contribution in [2.45, 2.75) is 56.7 Å². The van der Waals surface area contributed by atoms with Crippen molar-refractivity contribution in [1.29, 1.82) is 0 Å². The van der Waals surface area contributed by atoms with E-state index in [1.54, 1.807) is 6.92 Å². The SMILES string of the molecule is COC(C)C(NC(=O)CC(NC(=O)OCC1c2ccccc2-c2ccccc21)C1CCC1)C(=O)O. The molecule has 3 N–H and O–H groups in total. The smallest absolute Gasteiger partial charge is 0.407 e. The number of carbonyl (C=O) groups excluding carboxylic acids is 2. The number of aliphatic carboxylic acids is 1. The number of amides is 2. The molecule has 2 aliphatic rings. The van der Waals surface area contributed by atoms with Crippen LogP contribution in [0.4, 0.5) is 4.79 Å². The zero-order valence-electron chi connectivity index (χ0n) is 20.0. The van der Waals surface area contributed by atoms with Crippen LogP contribution in [-0.4, -0.2) is 55.0 Å². The van der Waals surface area contributed by atoms with Crippen LogP contribution in [0, 0.1) is 5.92 Å². The van der Waals surface area contributed by atoms with E-state index in [2.05, 4.69) is 34.9 Å². The summed E-state index contributed by atoms with van der Waals surface area (Å²) < 4.78 is 10.7. The lowest BCUT2D eigenvalue weighted by Gasteiger charge is -2.34. The normalized spacial score (nSPS) is 17.3. The standard InChI is InChI=1S/C27H32N2O6/c1-16(34-2)25(26(31)32)29-24(30)14-23(17-8-7-9-17)28-27(33)35-15-22-20-12-5-3-10-18(20)19-11-4-6-13-21(19)22/h3-6,10-13,16-17,22-23,25H,7-9,14-15H2,1-2H3,(H,28,33)(H,29,30)(H,31,32). The van der Waals surface area contributed by atoms with Gasteiger partial charge in [-0.2, -0.15) is 0 Å². The number of carboxylic acid groups (broad SMARTS) is 1. The molecule has 2 aromatic rings. The largest absolute Gasteiger partial charge is 0.480 e. The van der Waals surface area contributed by atoms with Gasteiger partial charge in [-0.3, -0.25) is 4.79 Å². The lowest BCUT2D eigenvalue weighted by molar-refractivity contribution is -0.145. The molecule has 8 nitrogen and oxygen atoms in total. The monoisotopic (exact) mass is 480 g/mol. The molecular weight excluding hydrogens is 448 g/mol. The summed E-state index contributed by atoms with van der Waals surface area (Å²) in [4.78, 5) is 36.9. The van der Waals surface area contributed by atoms with Gasteiger partial charge in [0.1, 0.15) is 6.61 Å². The molecule has 1 fully saturated rings. The Balaban J connectivity index is 1.37. The molecule has 2 amide bonds. The van der Waals surface area contributed by atoms with Crippen molar-refractivity contribution in [3.8, 4) is 11.1 Å². The van der Waals surface area contributed by atoms with E-state index in [1.165, 1.54) is 7.11 Å². The number of alkyl carbamates (subject to hydrolysis) is 1. The van der Waals surface area contributed by atoms with Crippen LogP contribution in [0.3, 0.4) is 0 Å². The summed E-state index contributed by atoms with van der Waals surface area (Å²) in [6.45, 7) is 1.77. The van der Waals surface area contributed by atoms with Crippen LogP contribution >= 0.6 is 0 Å².